The molecule has 1 aromatic heterocycles. The molecule has 0 saturated heterocycles. The third kappa shape index (κ3) is 2.62. The first-order chi connectivity index (χ1) is 10.0. The zero-order valence-electron chi connectivity index (χ0n) is 11.2. The molecule has 21 heavy (non-hydrogen) atoms. The number of ether oxygens (including phenoxy) is 1. The van der Waals surface area contributed by atoms with Gasteiger partial charge in [0.15, 0.2) is 0 Å². The van der Waals surface area contributed by atoms with E-state index in [9.17, 15) is 4.39 Å². The van der Waals surface area contributed by atoms with Crippen molar-refractivity contribution in [2.75, 3.05) is 5.73 Å². The van der Waals surface area contributed by atoms with E-state index in [1.165, 1.54) is 18.2 Å². The maximum absolute atomic E-state index is 13.1. The summed E-state index contributed by atoms with van der Waals surface area (Å²) in [7, 11) is 0. The van der Waals surface area contributed by atoms with E-state index < -0.39 is 5.82 Å². The second kappa shape index (κ2) is 5.22. The summed E-state index contributed by atoms with van der Waals surface area (Å²) in [4.78, 5) is 4.23. The number of pyridine rings is 1. The van der Waals surface area contributed by atoms with Crippen LogP contribution in [0.2, 0.25) is 5.02 Å². The summed E-state index contributed by atoms with van der Waals surface area (Å²) in [5.41, 5.74) is 7.42. The lowest BCUT2D eigenvalue weighted by atomic mass is 10.1. The lowest BCUT2D eigenvalue weighted by molar-refractivity contribution is 0.486. The molecule has 1 heterocycles. The average molecular weight is 303 g/mol. The standard InChI is InChI=1S/C16H12ClFN2O/c1-9-6-11-12(8-20-9)14(19)3-5-15(11)21-16-4-2-10(18)7-13(16)17/h2-8H,19H2,1H3. The zero-order valence-corrected chi connectivity index (χ0v) is 12.0. The maximum Gasteiger partial charge on any atom is 0.146 e. The van der Waals surface area contributed by atoms with Crippen molar-refractivity contribution >= 4 is 28.1 Å². The fraction of sp³-hybridized carbons (Fsp3) is 0.0625. The molecule has 0 spiro atoms. The molecule has 2 N–H and O–H groups in total. The molecule has 0 saturated carbocycles. The molecule has 5 heteroatoms. The van der Waals surface area contributed by atoms with Gasteiger partial charge in [0.2, 0.25) is 0 Å². The van der Waals surface area contributed by atoms with Gasteiger partial charge in [-0.3, -0.25) is 4.98 Å². The third-order valence-corrected chi connectivity index (χ3v) is 3.44. The topological polar surface area (TPSA) is 48.1 Å². The first-order valence-corrected chi connectivity index (χ1v) is 6.70. The molecule has 0 atom stereocenters. The van der Waals surface area contributed by atoms with Crippen LogP contribution in [0.4, 0.5) is 10.1 Å². The molecule has 3 nitrogen and oxygen atoms in total. The fourth-order valence-corrected chi connectivity index (χ4v) is 2.31. The molecular weight excluding hydrogens is 291 g/mol. The van der Waals surface area contributed by atoms with E-state index in [0.717, 1.165) is 16.5 Å². The summed E-state index contributed by atoms with van der Waals surface area (Å²) in [6, 6.07) is 9.39. The van der Waals surface area contributed by atoms with E-state index in [2.05, 4.69) is 4.98 Å². The predicted octanol–water partition coefficient (Wildman–Crippen LogP) is 4.71. The fourth-order valence-electron chi connectivity index (χ4n) is 2.10. The molecule has 0 aliphatic carbocycles. The Morgan fingerprint density at radius 2 is 1.86 bits per heavy atom. The molecule has 0 aliphatic rings. The van der Waals surface area contributed by atoms with Gasteiger partial charge in [-0.25, -0.2) is 4.39 Å². The summed E-state index contributed by atoms with van der Waals surface area (Å²) in [5, 5.41) is 1.85. The average Bonchev–Trinajstić information content (AvgIpc) is 2.44. The van der Waals surface area contributed by atoms with Crippen LogP contribution in [-0.2, 0) is 0 Å². The Balaban J connectivity index is 2.12. The predicted molar refractivity (Wildman–Crippen MR) is 82.4 cm³/mol. The Bertz CT molecular complexity index is 836. The normalized spacial score (nSPS) is 10.8. The highest BCUT2D eigenvalue weighted by molar-refractivity contribution is 6.32. The monoisotopic (exact) mass is 302 g/mol. The summed E-state index contributed by atoms with van der Waals surface area (Å²) >= 11 is 5.99. The summed E-state index contributed by atoms with van der Waals surface area (Å²) < 4.78 is 18.9. The smallest absolute Gasteiger partial charge is 0.146 e. The second-order valence-electron chi connectivity index (χ2n) is 4.70. The molecule has 3 aromatic rings. The molecule has 0 unspecified atom stereocenters. The second-order valence-corrected chi connectivity index (χ2v) is 5.11. The number of halogens is 2. The van der Waals surface area contributed by atoms with Crippen molar-refractivity contribution in [2.24, 2.45) is 0 Å². The largest absolute Gasteiger partial charge is 0.455 e. The Morgan fingerprint density at radius 3 is 2.62 bits per heavy atom. The minimum Gasteiger partial charge on any atom is -0.455 e. The minimum absolute atomic E-state index is 0.214. The molecule has 106 valence electrons. The first-order valence-electron chi connectivity index (χ1n) is 6.32. The number of hydrogen-bond donors (Lipinski definition) is 1. The van der Waals surface area contributed by atoms with Crippen LogP contribution in [0.5, 0.6) is 11.5 Å². The third-order valence-electron chi connectivity index (χ3n) is 3.15. The number of nitrogens with two attached hydrogens (primary N) is 1. The lowest BCUT2D eigenvalue weighted by Crippen LogP contribution is -1.93. The number of nitrogen functional groups attached to an aromatic ring is 1. The van der Waals surface area contributed by atoms with Crippen LogP contribution in [0, 0.1) is 12.7 Å². The Kier molecular flexibility index (Phi) is 3.39. The van der Waals surface area contributed by atoms with E-state index in [0.29, 0.717) is 17.2 Å². The summed E-state index contributed by atoms with van der Waals surface area (Å²) in [6.07, 6.45) is 1.71. The number of fused-ring (bicyclic) bond motifs is 1. The molecule has 0 bridgehead atoms. The van der Waals surface area contributed by atoms with Gasteiger partial charge < -0.3 is 10.5 Å². The van der Waals surface area contributed by atoms with Crippen LogP contribution in [0.25, 0.3) is 10.8 Å². The van der Waals surface area contributed by atoms with Gasteiger partial charge in [0.05, 0.1) is 5.02 Å². The number of aromatic nitrogens is 1. The highest BCUT2D eigenvalue weighted by Crippen LogP contribution is 2.36. The molecule has 0 amide bonds. The molecule has 0 radical (unpaired) electrons. The van der Waals surface area contributed by atoms with Gasteiger partial charge in [-0.15, -0.1) is 0 Å². The molecule has 3 rings (SSSR count). The maximum atomic E-state index is 13.1. The van der Waals surface area contributed by atoms with Crippen molar-refractivity contribution in [3.05, 3.63) is 59.1 Å². The van der Waals surface area contributed by atoms with Crippen molar-refractivity contribution in [3.8, 4) is 11.5 Å². The number of nitrogens with zero attached hydrogens (tertiary/aromatic N) is 1. The van der Waals surface area contributed by atoms with Crippen LogP contribution in [0.1, 0.15) is 5.69 Å². The molecule has 0 fully saturated rings. The number of benzene rings is 2. The van der Waals surface area contributed by atoms with E-state index in [1.54, 1.807) is 18.3 Å². The Labute approximate surface area is 126 Å². The zero-order chi connectivity index (χ0) is 15.0. The van der Waals surface area contributed by atoms with Crippen molar-refractivity contribution in [1.82, 2.24) is 4.98 Å². The number of rotatable bonds is 2. The van der Waals surface area contributed by atoms with E-state index in [-0.39, 0.29) is 5.02 Å². The van der Waals surface area contributed by atoms with Gasteiger partial charge in [-0.05, 0) is 43.3 Å². The molecule has 2 aromatic carbocycles. The Morgan fingerprint density at radius 1 is 1.10 bits per heavy atom. The van der Waals surface area contributed by atoms with Gasteiger partial charge in [0.25, 0.3) is 0 Å². The highest BCUT2D eigenvalue weighted by atomic mass is 35.5. The van der Waals surface area contributed by atoms with E-state index in [4.69, 9.17) is 22.1 Å². The highest BCUT2D eigenvalue weighted by Gasteiger charge is 2.10. The van der Waals surface area contributed by atoms with Crippen LogP contribution in [0.3, 0.4) is 0 Å². The minimum atomic E-state index is -0.408. The lowest BCUT2D eigenvalue weighted by Gasteiger charge is -2.12. The molecular formula is C16H12ClFN2O. The van der Waals surface area contributed by atoms with Gasteiger partial charge >= 0.3 is 0 Å². The Hall–Kier alpha value is -2.33. The van der Waals surface area contributed by atoms with E-state index in [1.807, 2.05) is 13.0 Å². The van der Waals surface area contributed by atoms with Crippen LogP contribution >= 0.6 is 11.6 Å². The summed E-state index contributed by atoms with van der Waals surface area (Å²) in [5.74, 6) is 0.575. The van der Waals surface area contributed by atoms with Crippen molar-refractivity contribution in [3.63, 3.8) is 0 Å². The SMILES string of the molecule is Cc1cc2c(Oc3ccc(F)cc3Cl)ccc(N)c2cn1. The van der Waals surface area contributed by atoms with Crippen molar-refractivity contribution in [2.45, 2.75) is 6.92 Å². The van der Waals surface area contributed by atoms with Crippen LogP contribution in [0.15, 0.2) is 42.6 Å². The number of hydrogen-bond acceptors (Lipinski definition) is 3. The van der Waals surface area contributed by atoms with E-state index >= 15 is 0 Å². The van der Waals surface area contributed by atoms with Crippen molar-refractivity contribution < 1.29 is 9.13 Å². The van der Waals surface area contributed by atoms with Crippen LogP contribution < -0.4 is 10.5 Å². The number of anilines is 1. The van der Waals surface area contributed by atoms with Crippen LogP contribution in [-0.4, -0.2) is 4.98 Å². The first kappa shape index (κ1) is 13.6. The van der Waals surface area contributed by atoms with Gasteiger partial charge in [-0.1, -0.05) is 11.6 Å². The van der Waals surface area contributed by atoms with Gasteiger partial charge in [0.1, 0.15) is 17.3 Å². The number of aryl methyl sites for hydroxylation is 1. The summed E-state index contributed by atoms with van der Waals surface area (Å²) in [6.45, 7) is 1.89. The van der Waals surface area contributed by atoms with Crippen molar-refractivity contribution in [1.29, 1.82) is 0 Å². The van der Waals surface area contributed by atoms with Gasteiger partial charge in [0, 0.05) is 28.4 Å². The molecule has 0 aliphatic heterocycles. The quantitative estimate of drug-likeness (QED) is 0.697. The van der Waals surface area contributed by atoms with Gasteiger partial charge in [-0.2, -0.15) is 0 Å².